The second kappa shape index (κ2) is 7.43. The Morgan fingerprint density at radius 3 is 2.38 bits per heavy atom. The Kier molecular flexibility index (Phi) is 4.89. The molecule has 3 aromatic rings. The summed E-state index contributed by atoms with van der Waals surface area (Å²) in [4.78, 5) is 35.9. The maximum atomic E-state index is 12.5. The number of primary amides is 1. The number of rotatable bonds is 5. The molecular formula is C19H16N4O3. The first kappa shape index (κ1) is 17.1. The van der Waals surface area contributed by atoms with E-state index in [0.717, 1.165) is 5.56 Å². The van der Waals surface area contributed by atoms with Crippen LogP contribution in [0.25, 0.3) is 0 Å². The summed E-state index contributed by atoms with van der Waals surface area (Å²) in [6.45, 7) is 0.249. The van der Waals surface area contributed by atoms with E-state index in [9.17, 15) is 14.4 Å². The Morgan fingerprint density at radius 2 is 1.65 bits per heavy atom. The lowest BCUT2D eigenvalue weighted by Gasteiger charge is -2.10. The zero-order valence-corrected chi connectivity index (χ0v) is 13.8. The summed E-state index contributed by atoms with van der Waals surface area (Å²) in [5.74, 6) is -1.19. The first-order chi connectivity index (χ1) is 12.5. The molecule has 2 amide bonds. The molecule has 0 spiro atoms. The summed E-state index contributed by atoms with van der Waals surface area (Å²) in [6, 6.07) is 18.3. The number of carbonyl (C=O) groups excluding carboxylic acids is 2. The van der Waals surface area contributed by atoms with E-state index in [2.05, 4.69) is 10.4 Å². The molecular weight excluding hydrogens is 332 g/mol. The molecule has 0 saturated carbocycles. The van der Waals surface area contributed by atoms with Gasteiger partial charge in [0.05, 0.1) is 17.8 Å². The molecule has 26 heavy (non-hydrogen) atoms. The van der Waals surface area contributed by atoms with Gasteiger partial charge in [-0.1, -0.05) is 42.5 Å². The summed E-state index contributed by atoms with van der Waals surface area (Å²) in [6.07, 6.45) is 0. The van der Waals surface area contributed by atoms with Gasteiger partial charge in [-0.15, -0.1) is 0 Å². The van der Waals surface area contributed by atoms with Crippen molar-refractivity contribution in [1.82, 2.24) is 9.78 Å². The van der Waals surface area contributed by atoms with Crippen LogP contribution >= 0.6 is 0 Å². The monoisotopic (exact) mass is 348 g/mol. The van der Waals surface area contributed by atoms with Crippen LogP contribution in [0, 0.1) is 0 Å². The number of benzene rings is 2. The molecule has 0 atom stereocenters. The summed E-state index contributed by atoms with van der Waals surface area (Å²) in [5.41, 5.74) is 6.41. The van der Waals surface area contributed by atoms with Crippen LogP contribution in [0.3, 0.4) is 0 Å². The molecule has 0 fully saturated rings. The Morgan fingerprint density at radius 1 is 0.962 bits per heavy atom. The molecule has 0 aliphatic carbocycles. The molecule has 0 aliphatic rings. The topological polar surface area (TPSA) is 107 Å². The highest BCUT2D eigenvalue weighted by atomic mass is 16.2. The van der Waals surface area contributed by atoms with Gasteiger partial charge in [-0.2, -0.15) is 5.10 Å². The highest BCUT2D eigenvalue weighted by Crippen LogP contribution is 2.15. The molecule has 0 unspecified atom stereocenters. The van der Waals surface area contributed by atoms with Gasteiger partial charge in [-0.3, -0.25) is 14.4 Å². The highest BCUT2D eigenvalue weighted by Gasteiger charge is 2.14. The molecule has 0 saturated heterocycles. The molecule has 130 valence electrons. The molecule has 2 aromatic carbocycles. The predicted molar refractivity (Wildman–Crippen MR) is 97.0 cm³/mol. The minimum Gasteiger partial charge on any atom is -0.366 e. The molecule has 3 N–H and O–H groups in total. The Balaban J connectivity index is 1.86. The van der Waals surface area contributed by atoms with Crippen LogP contribution < -0.4 is 16.6 Å². The first-order valence-corrected chi connectivity index (χ1v) is 7.87. The number of nitrogens with one attached hydrogen (secondary N) is 1. The van der Waals surface area contributed by atoms with Crippen molar-refractivity contribution in [2.24, 2.45) is 5.73 Å². The van der Waals surface area contributed by atoms with Crippen molar-refractivity contribution in [3.8, 4) is 0 Å². The van der Waals surface area contributed by atoms with E-state index in [1.807, 2.05) is 30.3 Å². The lowest BCUT2D eigenvalue weighted by Crippen LogP contribution is -2.27. The number of anilines is 1. The van der Waals surface area contributed by atoms with Gasteiger partial charge in [-0.05, 0) is 23.8 Å². The van der Waals surface area contributed by atoms with E-state index in [4.69, 9.17) is 5.73 Å². The smallest absolute Gasteiger partial charge is 0.276 e. The lowest BCUT2D eigenvalue weighted by atomic mass is 10.1. The van der Waals surface area contributed by atoms with Crippen LogP contribution in [0.1, 0.15) is 26.4 Å². The number of carbonyl (C=O) groups is 2. The van der Waals surface area contributed by atoms with E-state index in [1.165, 1.54) is 22.9 Å². The molecule has 0 aliphatic heterocycles. The third kappa shape index (κ3) is 3.84. The molecule has 1 aromatic heterocycles. The molecule has 7 heteroatoms. The van der Waals surface area contributed by atoms with Gasteiger partial charge < -0.3 is 11.1 Å². The van der Waals surface area contributed by atoms with Gasteiger partial charge in [0.25, 0.3) is 17.4 Å². The summed E-state index contributed by atoms with van der Waals surface area (Å²) in [5, 5.41) is 6.72. The van der Waals surface area contributed by atoms with Crippen molar-refractivity contribution in [2.75, 3.05) is 5.32 Å². The number of hydrogen-bond acceptors (Lipinski definition) is 4. The van der Waals surface area contributed by atoms with Crippen LogP contribution in [0.15, 0.2) is 71.5 Å². The van der Waals surface area contributed by atoms with Crippen LogP contribution in [0.4, 0.5) is 5.69 Å². The molecule has 0 radical (unpaired) electrons. The van der Waals surface area contributed by atoms with Crippen LogP contribution in [0.2, 0.25) is 0 Å². The van der Waals surface area contributed by atoms with Gasteiger partial charge in [0.2, 0.25) is 0 Å². The number of hydrogen-bond donors (Lipinski definition) is 2. The van der Waals surface area contributed by atoms with Gasteiger partial charge in [-0.25, -0.2) is 4.68 Å². The Bertz CT molecular complexity index is 1010. The Hall–Kier alpha value is -3.74. The van der Waals surface area contributed by atoms with Gasteiger partial charge >= 0.3 is 0 Å². The maximum absolute atomic E-state index is 12.5. The zero-order valence-electron chi connectivity index (χ0n) is 13.8. The largest absolute Gasteiger partial charge is 0.366 e. The molecule has 1 heterocycles. The summed E-state index contributed by atoms with van der Waals surface area (Å²) < 4.78 is 1.21. The lowest BCUT2D eigenvalue weighted by molar-refractivity contribution is 0.100. The van der Waals surface area contributed by atoms with Crippen molar-refractivity contribution >= 4 is 17.5 Å². The number of amides is 2. The number of nitrogens with zero attached hydrogens (tertiary/aromatic N) is 2. The van der Waals surface area contributed by atoms with Crippen molar-refractivity contribution in [1.29, 1.82) is 0 Å². The summed E-state index contributed by atoms with van der Waals surface area (Å²) in [7, 11) is 0. The normalized spacial score (nSPS) is 10.3. The first-order valence-electron chi connectivity index (χ1n) is 7.87. The van der Waals surface area contributed by atoms with Gasteiger partial charge in [0.15, 0.2) is 0 Å². The number of nitrogens with two attached hydrogens (primary N) is 1. The number of para-hydroxylation sites is 1. The number of aromatic nitrogens is 2. The third-order valence-electron chi connectivity index (χ3n) is 3.72. The van der Waals surface area contributed by atoms with Crippen LogP contribution in [-0.2, 0) is 6.54 Å². The standard InChI is InChI=1S/C19H16N4O3/c20-18(25)14-8-4-5-9-15(14)21-19(26)16-10-11-17(24)23(22-16)12-13-6-2-1-3-7-13/h1-11H,12H2,(H2,20,25)(H,21,26). The predicted octanol–water partition coefficient (Wildman–Crippen LogP) is 1.64. The highest BCUT2D eigenvalue weighted by molar-refractivity contribution is 6.07. The summed E-state index contributed by atoms with van der Waals surface area (Å²) >= 11 is 0. The van der Waals surface area contributed by atoms with E-state index >= 15 is 0 Å². The fourth-order valence-electron chi connectivity index (χ4n) is 2.43. The van der Waals surface area contributed by atoms with Crippen LogP contribution in [0.5, 0.6) is 0 Å². The van der Waals surface area contributed by atoms with Crippen molar-refractivity contribution < 1.29 is 9.59 Å². The van der Waals surface area contributed by atoms with Crippen molar-refractivity contribution in [3.63, 3.8) is 0 Å². The van der Waals surface area contributed by atoms with Gasteiger partial charge in [0.1, 0.15) is 5.69 Å². The second-order valence-electron chi connectivity index (χ2n) is 5.56. The Labute approximate surface area is 149 Å². The fourth-order valence-corrected chi connectivity index (χ4v) is 2.43. The van der Waals surface area contributed by atoms with Crippen LogP contribution in [-0.4, -0.2) is 21.6 Å². The zero-order chi connectivity index (χ0) is 18.5. The quantitative estimate of drug-likeness (QED) is 0.731. The SMILES string of the molecule is NC(=O)c1ccccc1NC(=O)c1ccc(=O)n(Cc2ccccc2)n1. The average molecular weight is 348 g/mol. The average Bonchev–Trinajstić information content (AvgIpc) is 2.64. The third-order valence-corrected chi connectivity index (χ3v) is 3.72. The van der Waals surface area contributed by atoms with E-state index in [0.29, 0.717) is 0 Å². The molecule has 0 bridgehead atoms. The minimum atomic E-state index is -0.650. The van der Waals surface area contributed by atoms with Gasteiger partial charge in [0, 0.05) is 6.07 Å². The van der Waals surface area contributed by atoms with Crippen molar-refractivity contribution in [2.45, 2.75) is 6.54 Å². The maximum Gasteiger partial charge on any atom is 0.276 e. The fraction of sp³-hybridized carbons (Fsp3) is 0.0526. The van der Waals surface area contributed by atoms with Crippen molar-refractivity contribution in [3.05, 3.63) is 93.9 Å². The molecule has 3 rings (SSSR count). The minimum absolute atomic E-state index is 0.0554. The second-order valence-corrected chi connectivity index (χ2v) is 5.56. The molecule has 7 nitrogen and oxygen atoms in total. The van der Waals surface area contributed by atoms with E-state index in [1.54, 1.807) is 18.2 Å². The van der Waals surface area contributed by atoms with E-state index in [-0.39, 0.29) is 29.0 Å². The van der Waals surface area contributed by atoms with E-state index < -0.39 is 11.8 Å².